The molecule has 0 heterocycles. The van der Waals surface area contributed by atoms with Gasteiger partial charge in [-0.15, -0.1) is 11.8 Å². The van der Waals surface area contributed by atoms with Crippen LogP contribution < -0.4 is 10.1 Å². The summed E-state index contributed by atoms with van der Waals surface area (Å²) in [6.07, 6.45) is 0. The highest BCUT2D eigenvalue weighted by Gasteiger charge is 2.19. The van der Waals surface area contributed by atoms with Crippen LogP contribution in [0.15, 0.2) is 29.2 Å². The number of nitrogens with one attached hydrogen (secondary N) is 1. The molecule has 0 unspecified atom stereocenters. The van der Waals surface area contributed by atoms with E-state index in [0.29, 0.717) is 12.3 Å². The fraction of sp³-hybridized carbons (Fsp3) is 0.529. The number of carbonyl (C=O) groups is 2. The monoisotopic (exact) mass is 338 g/mol. The molecule has 0 fully saturated rings. The number of hydrogen-bond donors (Lipinski definition) is 1. The van der Waals surface area contributed by atoms with Gasteiger partial charge in [0.2, 0.25) is 11.8 Å². The van der Waals surface area contributed by atoms with Crippen LogP contribution >= 0.6 is 11.8 Å². The lowest BCUT2D eigenvalue weighted by Crippen LogP contribution is -2.47. The smallest absolute Gasteiger partial charge is 0.240 e. The molecule has 0 saturated carbocycles. The van der Waals surface area contributed by atoms with E-state index in [0.717, 1.165) is 10.6 Å². The molecule has 0 bridgehead atoms. The lowest BCUT2D eigenvalue weighted by Gasteiger charge is -2.25. The normalized spacial score (nSPS) is 11.0. The Morgan fingerprint density at radius 3 is 2.30 bits per heavy atom. The summed E-state index contributed by atoms with van der Waals surface area (Å²) in [6, 6.07) is 7.56. The average molecular weight is 338 g/mol. The lowest BCUT2D eigenvalue weighted by atomic mass is 10.1. The number of methoxy groups -OCH3 is 1. The van der Waals surface area contributed by atoms with Crippen LogP contribution in [0.4, 0.5) is 0 Å². The van der Waals surface area contributed by atoms with E-state index in [9.17, 15) is 9.59 Å². The Hall–Kier alpha value is -1.69. The molecule has 1 N–H and O–H groups in total. The van der Waals surface area contributed by atoms with E-state index in [1.165, 1.54) is 11.8 Å². The summed E-state index contributed by atoms with van der Waals surface area (Å²) in [6.45, 7) is 8.24. The number of nitrogens with zero attached hydrogens (tertiary/aromatic N) is 1. The summed E-state index contributed by atoms with van der Waals surface area (Å²) < 4.78 is 5.11. The van der Waals surface area contributed by atoms with Crippen LogP contribution in [0.1, 0.15) is 27.7 Å². The van der Waals surface area contributed by atoms with Gasteiger partial charge in [-0.3, -0.25) is 9.59 Å². The molecule has 0 aliphatic heterocycles. The Kier molecular flexibility index (Phi) is 7.42. The predicted molar refractivity (Wildman–Crippen MR) is 93.9 cm³/mol. The highest BCUT2D eigenvalue weighted by Crippen LogP contribution is 2.21. The zero-order valence-corrected chi connectivity index (χ0v) is 15.3. The van der Waals surface area contributed by atoms with E-state index in [-0.39, 0.29) is 23.9 Å². The van der Waals surface area contributed by atoms with Crippen LogP contribution in [-0.2, 0) is 9.59 Å². The molecule has 0 aromatic heterocycles. The SMILES string of the molecule is CCN(CC(=O)NC(C)(C)C)C(=O)CSc1ccc(OC)cc1. The van der Waals surface area contributed by atoms with Gasteiger partial charge >= 0.3 is 0 Å². The number of thioether (sulfide) groups is 1. The van der Waals surface area contributed by atoms with Crippen molar-refractivity contribution in [3.63, 3.8) is 0 Å². The summed E-state index contributed by atoms with van der Waals surface area (Å²) in [5, 5.41) is 2.87. The molecule has 0 atom stereocenters. The quantitative estimate of drug-likeness (QED) is 0.776. The topological polar surface area (TPSA) is 58.6 Å². The molecule has 0 saturated heterocycles. The minimum Gasteiger partial charge on any atom is -0.497 e. The van der Waals surface area contributed by atoms with Gasteiger partial charge in [0.1, 0.15) is 5.75 Å². The molecule has 0 aliphatic carbocycles. The van der Waals surface area contributed by atoms with E-state index in [4.69, 9.17) is 4.74 Å². The van der Waals surface area contributed by atoms with Crippen molar-refractivity contribution in [1.82, 2.24) is 10.2 Å². The Morgan fingerprint density at radius 2 is 1.83 bits per heavy atom. The summed E-state index contributed by atoms with van der Waals surface area (Å²) in [5.41, 5.74) is -0.294. The molecule has 0 aliphatic rings. The summed E-state index contributed by atoms with van der Waals surface area (Å²) in [7, 11) is 1.62. The first-order valence-corrected chi connectivity index (χ1v) is 8.59. The molecule has 1 aromatic carbocycles. The van der Waals surface area contributed by atoms with Crippen LogP contribution in [0, 0.1) is 0 Å². The van der Waals surface area contributed by atoms with E-state index >= 15 is 0 Å². The standard InChI is InChI=1S/C17H26N2O3S/c1-6-19(11-15(20)18-17(2,3)4)16(21)12-23-14-9-7-13(22-5)8-10-14/h7-10H,6,11-12H2,1-5H3,(H,18,20). The Bertz CT molecular complexity index is 524. The first-order chi connectivity index (χ1) is 10.7. The third-order valence-electron chi connectivity index (χ3n) is 3.01. The third-order valence-corrected chi connectivity index (χ3v) is 4.00. The fourth-order valence-electron chi connectivity index (χ4n) is 1.92. The fourth-order valence-corrected chi connectivity index (χ4v) is 2.72. The summed E-state index contributed by atoms with van der Waals surface area (Å²) >= 11 is 1.45. The molecule has 23 heavy (non-hydrogen) atoms. The maximum atomic E-state index is 12.3. The van der Waals surface area contributed by atoms with E-state index in [1.807, 2.05) is 52.0 Å². The molecule has 0 spiro atoms. The zero-order chi connectivity index (χ0) is 17.5. The molecule has 5 nitrogen and oxygen atoms in total. The Labute approximate surface area is 142 Å². The Balaban J connectivity index is 2.51. The second kappa shape index (κ2) is 8.82. The van der Waals surface area contributed by atoms with E-state index in [2.05, 4.69) is 5.32 Å². The zero-order valence-electron chi connectivity index (χ0n) is 14.5. The van der Waals surface area contributed by atoms with Crippen molar-refractivity contribution >= 4 is 23.6 Å². The molecule has 6 heteroatoms. The van der Waals surface area contributed by atoms with Crippen LogP contribution in [0.2, 0.25) is 0 Å². The third kappa shape index (κ3) is 7.41. The average Bonchev–Trinajstić information content (AvgIpc) is 2.49. The molecular weight excluding hydrogens is 312 g/mol. The molecule has 128 valence electrons. The second-order valence-electron chi connectivity index (χ2n) is 6.17. The number of amides is 2. The van der Waals surface area contributed by atoms with Crippen molar-refractivity contribution in [3.05, 3.63) is 24.3 Å². The number of ether oxygens (including phenoxy) is 1. The van der Waals surface area contributed by atoms with Gasteiger partial charge in [0.25, 0.3) is 0 Å². The highest BCUT2D eigenvalue weighted by molar-refractivity contribution is 8.00. The minimum absolute atomic E-state index is 0.0441. The first kappa shape index (κ1) is 19.4. The maximum absolute atomic E-state index is 12.3. The van der Waals surface area contributed by atoms with Crippen LogP contribution in [0.25, 0.3) is 0 Å². The highest BCUT2D eigenvalue weighted by atomic mass is 32.2. The minimum atomic E-state index is -0.294. The largest absolute Gasteiger partial charge is 0.497 e. The number of carbonyl (C=O) groups excluding carboxylic acids is 2. The number of benzene rings is 1. The first-order valence-electron chi connectivity index (χ1n) is 7.61. The Morgan fingerprint density at radius 1 is 1.22 bits per heavy atom. The second-order valence-corrected chi connectivity index (χ2v) is 7.22. The van der Waals surface area contributed by atoms with Gasteiger partial charge in [-0.2, -0.15) is 0 Å². The van der Waals surface area contributed by atoms with Gasteiger partial charge in [0.05, 0.1) is 19.4 Å². The molecule has 1 rings (SSSR count). The molecule has 2 amide bonds. The van der Waals surface area contributed by atoms with E-state index < -0.39 is 0 Å². The van der Waals surface area contributed by atoms with Gasteiger partial charge in [-0.25, -0.2) is 0 Å². The van der Waals surface area contributed by atoms with Gasteiger partial charge in [-0.05, 0) is 52.0 Å². The van der Waals surface area contributed by atoms with E-state index in [1.54, 1.807) is 12.0 Å². The van der Waals surface area contributed by atoms with Gasteiger partial charge in [0.15, 0.2) is 0 Å². The number of hydrogen-bond acceptors (Lipinski definition) is 4. The molecule has 0 radical (unpaired) electrons. The van der Waals surface area contributed by atoms with Crippen molar-refractivity contribution in [2.45, 2.75) is 38.1 Å². The van der Waals surface area contributed by atoms with Crippen molar-refractivity contribution in [2.75, 3.05) is 26.0 Å². The van der Waals surface area contributed by atoms with Crippen LogP contribution in [0.3, 0.4) is 0 Å². The summed E-state index contributed by atoms with van der Waals surface area (Å²) in [5.74, 6) is 0.914. The van der Waals surface area contributed by atoms with Gasteiger partial charge in [0, 0.05) is 17.0 Å². The lowest BCUT2D eigenvalue weighted by molar-refractivity contribution is -0.134. The van der Waals surface area contributed by atoms with Crippen molar-refractivity contribution < 1.29 is 14.3 Å². The predicted octanol–water partition coefficient (Wildman–Crippen LogP) is 2.55. The maximum Gasteiger partial charge on any atom is 0.240 e. The van der Waals surface area contributed by atoms with Crippen LogP contribution in [0.5, 0.6) is 5.75 Å². The van der Waals surface area contributed by atoms with Gasteiger partial charge in [-0.1, -0.05) is 0 Å². The number of likely N-dealkylation sites (N-methyl/N-ethyl adjacent to an activating group) is 1. The molecule has 1 aromatic rings. The summed E-state index contributed by atoms with van der Waals surface area (Å²) in [4.78, 5) is 26.8. The molecular formula is C17H26N2O3S. The van der Waals surface area contributed by atoms with Gasteiger partial charge < -0.3 is 15.0 Å². The van der Waals surface area contributed by atoms with Crippen molar-refractivity contribution in [1.29, 1.82) is 0 Å². The van der Waals surface area contributed by atoms with Crippen molar-refractivity contribution in [2.24, 2.45) is 0 Å². The number of rotatable bonds is 7. The van der Waals surface area contributed by atoms with Crippen molar-refractivity contribution in [3.8, 4) is 5.75 Å². The van der Waals surface area contributed by atoms with Crippen LogP contribution in [-0.4, -0.2) is 48.2 Å².